The van der Waals surface area contributed by atoms with Gasteiger partial charge in [0.1, 0.15) is 11.5 Å². The van der Waals surface area contributed by atoms with Crippen molar-refractivity contribution in [1.82, 2.24) is 9.97 Å². The number of hydrogen-bond donors (Lipinski definition) is 2. The van der Waals surface area contributed by atoms with Crippen molar-refractivity contribution < 1.29 is 14.3 Å². The number of carbonyl (C=O) groups is 1. The molecular weight excluding hydrogens is 451 g/mol. The fraction of sp³-hybridized carbons (Fsp3) is 0.269. The zero-order valence-electron chi connectivity index (χ0n) is 18.7. The number of halogens is 1. The van der Waals surface area contributed by atoms with Gasteiger partial charge in [-0.3, -0.25) is 9.78 Å². The Kier molecular flexibility index (Phi) is 6.12. The van der Waals surface area contributed by atoms with Gasteiger partial charge in [-0.2, -0.15) is 0 Å². The largest absolute Gasteiger partial charge is 0.391 e. The van der Waals surface area contributed by atoms with Crippen LogP contribution in [0.4, 0.5) is 10.1 Å². The number of Topliss-reactive ketones (excluding diaryl/α,β-unsaturated/α-hetero) is 1. The molecule has 1 fully saturated rings. The van der Waals surface area contributed by atoms with Crippen molar-refractivity contribution >= 4 is 33.0 Å². The fourth-order valence-electron chi connectivity index (χ4n) is 4.51. The van der Waals surface area contributed by atoms with Crippen molar-refractivity contribution in [3.05, 3.63) is 78.0 Å². The van der Waals surface area contributed by atoms with E-state index in [2.05, 4.69) is 14.9 Å². The molecule has 0 radical (unpaired) electrons. The number of nitrogens with zero attached hydrogens (tertiary/aromatic N) is 3. The second-order valence-corrected chi connectivity index (χ2v) is 9.90. The molecular formula is C26H25FN4O2S. The summed E-state index contributed by atoms with van der Waals surface area (Å²) in [6.45, 7) is 3.13. The van der Waals surface area contributed by atoms with Gasteiger partial charge in [0.05, 0.1) is 16.3 Å². The Morgan fingerprint density at radius 3 is 2.85 bits per heavy atom. The van der Waals surface area contributed by atoms with Gasteiger partial charge in [-0.1, -0.05) is 25.1 Å². The van der Waals surface area contributed by atoms with E-state index in [4.69, 9.17) is 5.73 Å². The number of thiophene rings is 1. The molecule has 3 aromatic heterocycles. The van der Waals surface area contributed by atoms with Gasteiger partial charge in [0.25, 0.3) is 0 Å². The Morgan fingerprint density at radius 2 is 2.06 bits per heavy atom. The van der Waals surface area contributed by atoms with E-state index in [1.165, 1.54) is 17.4 Å². The average molecular weight is 477 g/mol. The Morgan fingerprint density at radius 1 is 1.24 bits per heavy atom. The van der Waals surface area contributed by atoms with Crippen LogP contribution in [-0.2, 0) is 6.42 Å². The van der Waals surface area contributed by atoms with Crippen LogP contribution in [0.2, 0.25) is 0 Å². The SMILES string of the molecule is C[C@H]1CN(c2ccncc2CC(=O)c2ccc3sc(-c4ccccc4F)cc3n2)C[C@@H](N)[C@@H]1O. The first-order valence-electron chi connectivity index (χ1n) is 11.2. The second-order valence-electron chi connectivity index (χ2n) is 8.81. The molecule has 0 spiro atoms. The Bertz CT molecular complexity index is 1350. The summed E-state index contributed by atoms with van der Waals surface area (Å²) in [5, 5.41) is 10.2. The normalized spacial score (nSPS) is 20.6. The number of nitrogens with two attached hydrogens (primary N) is 1. The molecule has 34 heavy (non-hydrogen) atoms. The van der Waals surface area contributed by atoms with Crippen molar-refractivity contribution in [2.75, 3.05) is 18.0 Å². The van der Waals surface area contributed by atoms with Crippen molar-refractivity contribution in [1.29, 1.82) is 0 Å². The zero-order valence-corrected chi connectivity index (χ0v) is 19.5. The van der Waals surface area contributed by atoms with Crippen LogP contribution in [-0.4, -0.2) is 46.1 Å². The van der Waals surface area contributed by atoms with E-state index in [1.54, 1.807) is 36.7 Å². The van der Waals surface area contributed by atoms with Gasteiger partial charge in [0, 0.05) is 65.6 Å². The lowest BCUT2D eigenvalue weighted by atomic mass is 9.92. The first kappa shape index (κ1) is 22.6. The zero-order chi connectivity index (χ0) is 23.8. The van der Waals surface area contributed by atoms with Crippen molar-refractivity contribution in [2.24, 2.45) is 11.7 Å². The number of hydrogen-bond acceptors (Lipinski definition) is 7. The molecule has 0 unspecified atom stereocenters. The number of carbonyl (C=O) groups excluding carboxylic acids is 1. The number of aliphatic hydroxyl groups excluding tert-OH is 1. The molecule has 0 saturated carbocycles. The summed E-state index contributed by atoms with van der Waals surface area (Å²) in [6.07, 6.45) is 3.01. The van der Waals surface area contributed by atoms with E-state index in [9.17, 15) is 14.3 Å². The number of fused-ring (bicyclic) bond motifs is 1. The van der Waals surface area contributed by atoms with Gasteiger partial charge in [0.15, 0.2) is 5.78 Å². The quantitative estimate of drug-likeness (QED) is 0.422. The van der Waals surface area contributed by atoms with Crippen LogP contribution in [0.3, 0.4) is 0 Å². The summed E-state index contributed by atoms with van der Waals surface area (Å²) in [4.78, 5) is 24.9. The van der Waals surface area contributed by atoms with Gasteiger partial charge >= 0.3 is 0 Å². The van der Waals surface area contributed by atoms with Crippen LogP contribution in [0.25, 0.3) is 20.7 Å². The highest BCUT2D eigenvalue weighted by Gasteiger charge is 2.32. The van der Waals surface area contributed by atoms with Crippen LogP contribution in [0.15, 0.2) is 60.9 Å². The predicted octanol–water partition coefficient (Wildman–Crippen LogP) is 4.07. The Balaban J connectivity index is 1.40. The van der Waals surface area contributed by atoms with Crippen LogP contribution in [0.5, 0.6) is 0 Å². The third-order valence-corrected chi connectivity index (χ3v) is 7.45. The first-order chi connectivity index (χ1) is 16.4. The molecule has 6 nitrogen and oxygen atoms in total. The van der Waals surface area contributed by atoms with Crippen molar-refractivity contribution in [3.63, 3.8) is 0 Å². The third kappa shape index (κ3) is 4.32. The molecule has 1 aliphatic heterocycles. The van der Waals surface area contributed by atoms with E-state index in [1.807, 2.05) is 25.1 Å². The summed E-state index contributed by atoms with van der Waals surface area (Å²) in [7, 11) is 0. The van der Waals surface area contributed by atoms with Crippen LogP contribution < -0.4 is 10.6 Å². The molecule has 1 aliphatic rings. The summed E-state index contributed by atoms with van der Waals surface area (Å²) < 4.78 is 15.1. The third-order valence-electron chi connectivity index (χ3n) is 6.33. The van der Waals surface area contributed by atoms with Crippen molar-refractivity contribution in [3.8, 4) is 10.4 Å². The number of ketones is 1. The van der Waals surface area contributed by atoms with Crippen LogP contribution in [0, 0.1) is 11.7 Å². The summed E-state index contributed by atoms with van der Waals surface area (Å²) in [5.74, 6) is -0.385. The number of rotatable bonds is 5. The number of pyridine rings is 2. The van der Waals surface area contributed by atoms with Gasteiger partial charge < -0.3 is 15.7 Å². The van der Waals surface area contributed by atoms with E-state index in [0.29, 0.717) is 29.9 Å². The fourth-order valence-corrected chi connectivity index (χ4v) is 5.54. The van der Waals surface area contributed by atoms with E-state index < -0.39 is 6.10 Å². The molecule has 174 valence electrons. The van der Waals surface area contributed by atoms with Crippen molar-refractivity contribution in [2.45, 2.75) is 25.5 Å². The smallest absolute Gasteiger partial charge is 0.185 e. The molecule has 5 rings (SSSR count). The van der Waals surface area contributed by atoms with Gasteiger partial charge in [-0.05, 0) is 30.3 Å². The molecule has 1 aromatic carbocycles. The number of benzene rings is 1. The highest BCUT2D eigenvalue weighted by atomic mass is 32.1. The maximum absolute atomic E-state index is 14.2. The lowest BCUT2D eigenvalue weighted by Crippen LogP contribution is -2.55. The molecule has 4 aromatic rings. The maximum Gasteiger partial charge on any atom is 0.185 e. The molecule has 0 amide bonds. The molecule has 3 atom stereocenters. The Labute approximate surface area is 200 Å². The lowest BCUT2D eigenvalue weighted by Gasteiger charge is -2.40. The molecule has 8 heteroatoms. The maximum atomic E-state index is 14.2. The van der Waals surface area contributed by atoms with E-state index in [-0.39, 0.29) is 30.0 Å². The van der Waals surface area contributed by atoms with Gasteiger partial charge in [-0.15, -0.1) is 11.3 Å². The number of aromatic nitrogens is 2. The minimum Gasteiger partial charge on any atom is -0.391 e. The molecule has 1 saturated heterocycles. The average Bonchev–Trinajstić information content (AvgIpc) is 3.26. The molecule has 4 heterocycles. The van der Waals surface area contributed by atoms with Crippen LogP contribution >= 0.6 is 11.3 Å². The second kappa shape index (κ2) is 9.21. The molecule has 0 aliphatic carbocycles. The minimum atomic E-state index is -0.543. The predicted molar refractivity (Wildman–Crippen MR) is 133 cm³/mol. The summed E-state index contributed by atoms with van der Waals surface area (Å²) in [6, 6.07) is 13.6. The highest BCUT2D eigenvalue weighted by Crippen LogP contribution is 2.34. The van der Waals surface area contributed by atoms with Crippen LogP contribution in [0.1, 0.15) is 23.0 Å². The van der Waals surface area contributed by atoms with Gasteiger partial charge in [0.2, 0.25) is 0 Å². The van der Waals surface area contributed by atoms with Gasteiger partial charge in [-0.25, -0.2) is 9.37 Å². The summed E-state index contributed by atoms with van der Waals surface area (Å²) in [5.41, 5.74) is 9.39. The highest BCUT2D eigenvalue weighted by molar-refractivity contribution is 7.22. The molecule has 0 bridgehead atoms. The first-order valence-corrected chi connectivity index (χ1v) is 12.0. The monoisotopic (exact) mass is 476 g/mol. The van der Waals surface area contributed by atoms with E-state index in [0.717, 1.165) is 20.8 Å². The lowest BCUT2D eigenvalue weighted by molar-refractivity contribution is 0.0784. The number of anilines is 1. The summed E-state index contributed by atoms with van der Waals surface area (Å²) >= 11 is 1.45. The number of piperidine rings is 1. The Hall–Kier alpha value is -3.20. The van der Waals surface area contributed by atoms with E-state index >= 15 is 0 Å². The standard InChI is InChI=1S/C26H25FN4O2S/c1-15-13-31(14-19(28)26(15)33)22-8-9-29-12-16(22)10-23(32)20-6-7-24-21(30-20)11-25(34-24)17-4-2-3-5-18(17)27/h2-9,11-12,15,19,26,33H,10,13-14,28H2,1H3/t15-,19+,26+/m0/s1. The minimum absolute atomic E-state index is 0.0202. The molecule has 3 N–H and O–H groups in total. The topological polar surface area (TPSA) is 92.3 Å². The number of aliphatic hydroxyl groups is 1.